The van der Waals surface area contributed by atoms with Crippen LogP contribution in [0.5, 0.6) is 0 Å². The standard InChI is InChI=1S/C29H35N7O3/c1-18(37)34-26(15-20-17-33-24-9-5-3-7-22(20)24)36-27(38)25(35-28(39)29(30)10-12-31-13-11-29)14-19-16-32-23-8-4-2-6-21(19)23/h2-9,16-17,25-26,31-33H,10-15,30H2,1H3,(H,34,37)(H,35,39)(H,36,38)/t25-,26-/m1/s1. The zero-order valence-electron chi connectivity index (χ0n) is 22.0. The average molecular weight is 530 g/mol. The third-order valence-corrected chi connectivity index (χ3v) is 7.46. The Morgan fingerprint density at radius 3 is 2.00 bits per heavy atom. The molecule has 4 aromatic rings. The van der Waals surface area contributed by atoms with E-state index in [0.717, 1.165) is 32.9 Å². The maximum atomic E-state index is 13.8. The van der Waals surface area contributed by atoms with Gasteiger partial charge in [0.05, 0.1) is 5.54 Å². The molecule has 2 aromatic heterocycles. The first-order valence-electron chi connectivity index (χ1n) is 13.3. The summed E-state index contributed by atoms with van der Waals surface area (Å²) in [6, 6.07) is 14.8. The Hall–Kier alpha value is -4.15. The Morgan fingerprint density at radius 2 is 1.41 bits per heavy atom. The number of aromatic amines is 2. The second kappa shape index (κ2) is 11.3. The predicted octanol–water partition coefficient (Wildman–Crippen LogP) is 1.58. The first kappa shape index (κ1) is 26.5. The number of hydrogen-bond donors (Lipinski definition) is 7. The summed E-state index contributed by atoms with van der Waals surface area (Å²) in [5.74, 6) is -1.02. The molecule has 1 fully saturated rings. The number of amides is 3. The molecule has 0 aliphatic carbocycles. The molecule has 0 unspecified atom stereocenters. The lowest BCUT2D eigenvalue weighted by Gasteiger charge is -2.34. The SMILES string of the molecule is CC(=O)N[C@@H](Cc1c[nH]c2ccccc12)NC(=O)[C@@H](Cc1c[nH]c2ccccc12)NC(=O)C1(N)CCNCC1. The molecule has 3 heterocycles. The molecule has 2 atom stereocenters. The molecule has 39 heavy (non-hydrogen) atoms. The Morgan fingerprint density at radius 1 is 0.846 bits per heavy atom. The van der Waals surface area contributed by atoms with E-state index in [9.17, 15) is 14.4 Å². The van der Waals surface area contributed by atoms with E-state index in [4.69, 9.17) is 5.73 Å². The molecule has 3 amide bonds. The number of fused-ring (bicyclic) bond motifs is 2. The van der Waals surface area contributed by atoms with Crippen LogP contribution in [0.2, 0.25) is 0 Å². The number of carbonyl (C=O) groups excluding carboxylic acids is 3. The number of aromatic nitrogens is 2. The molecule has 8 N–H and O–H groups in total. The number of para-hydroxylation sites is 2. The minimum Gasteiger partial charge on any atom is -0.361 e. The normalized spacial score (nSPS) is 16.5. The minimum atomic E-state index is -1.05. The van der Waals surface area contributed by atoms with Crippen LogP contribution in [0.15, 0.2) is 60.9 Å². The van der Waals surface area contributed by atoms with Crippen molar-refractivity contribution in [3.63, 3.8) is 0 Å². The molecule has 10 heteroatoms. The van der Waals surface area contributed by atoms with E-state index in [2.05, 4.69) is 31.2 Å². The van der Waals surface area contributed by atoms with Gasteiger partial charge < -0.3 is 37.0 Å². The van der Waals surface area contributed by atoms with Crippen LogP contribution in [0.1, 0.15) is 30.9 Å². The molecular weight excluding hydrogens is 494 g/mol. The summed E-state index contributed by atoms with van der Waals surface area (Å²) in [7, 11) is 0. The Balaban J connectivity index is 1.39. The Bertz CT molecular complexity index is 1480. The maximum Gasteiger partial charge on any atom is 0.244 e. The van der Waals surface area contributed by atoms with Crippen LogP contribution in [-0.2, 0) is 27.2 Å². The van der Waals surface area contributed by atoms with E-state index in [0.29, 0.717) is 32.4 Å². The van der Waals surface area contributed by atoms with Gasteiger partial charge in [-0.3, -0.25) is 14.4 Å². The molecule has 1 saturated heterocycles. The van der Waals surface area contributed by atoms with Gasteiger partial charge in [-0.25, -0.2) is 0 Å². The van der Waals surface area contributed by atoms with Gasteiger partial charge in [-0.1, -0.05) is 36.4 Å². The molecule has 0 radical (unpaired) electrons. The van der Waals surface area contributed by atoms with Crippen molar-refractivity contribution in [1.82, 2.24) is 31.2 Å². The highest BCUT2D eigenvalue weighted by molar-refractivity contribution is 5.93. The number of benzene rings is 2. The van der Waals surface area contributed by atoms with E-state index in [1.807, 2.05) is 60.9 Å². The van der Waals surface area contributed by atoms with E-state index in [1.54, 1.807) is 0 Å². The molecule has 1 aliphatic heterocycles. The quantitative estimate of drug-likeness (QED) is 0.164. The molecule has 0 bridgehead atoms. The van der Waals surface area contributed by atoms with Crippen molar-refractivity contribution in [2.75, 3.05) is 13.1 Å². The summed E-state index contributed by atoms with van der Waals surface area (Å²) in [4.78, 5) is 45.7. The third-order valence-electron chi connectivity index (χ3n) is 7.46. The largest absolute Gasteiger partial charge is 0.361 e. The van der Waals surface area contributed by atoms with Gasteiger partial charge in [0, 0.05) is 54.0 Å². The number of nitrogens with two attached hydrogens (primary N) is 1. The van der Waals surface area contributed by atoms with Gasteiger partial charge in [0.15, 0.2) is 0 Å². The van der Waals surface area contributed by atoms with Gasteiger partial charge in [0.1, 0.15) is 12.2 Å². The van der Waals surface area contributed by atoms with Crippen molar-refractivity contribution in [3.8, 4) is 0 Å². The first-order valence-corrected chi connectivity index (χ1v) is 13.3. The summed E-state index contributed by atoms with van der Waals surface area (Å²) in [6.07, 6.45) is 4.65. The fraction of sp³-hybridized carbons (Fsp3) is 0.345. The summed E-state index contributed by atoms with van der Waals surface area (Å²) < 4.78 is 0. The Labute approximate surface area is 226 Å². The lowest BCUT2D eigenvalue weighted by Crippen LogP contribution is -2.63. The van der Waals surface area contributed by atoms with Gasteiger partial charge in [0.25, 0.3) is 0 Å². The molecule has 10 nitrogen and oxygen atoms in total. The molecule has 0 saturated carbocycles. The van der Waals surface area contributed by atoms with Crippen LogP contribution >= 0.6 is 0 Å². The second-order valence-corrected chi connectivity index (χ2v) is 10.3. The number of nitrogens with one attached hydrogen (secondary N) is 6. The number of rotatable bonds is 9. The summed E-state index contributed by atoms with van der Waals surface area (Å²) in [5.41, 5.74) is 9.20. The molecule has 1 aliphatic rings. The number of hydrogen-bond acceptors (Lipinski definition) is 5. The van der Waals surface area contributed by atoms with E-state index in [-0.39, 0.29) is 18.2 Å². The minimum absolute atomic E-state index is 0.260. The van der Waals surface area contributed by atoms with Crippen molar-refractivity contribution in [2.24, 2.45) is 5.73 Å². The van der Waals surface area contributed by atoms with Gasteiger partial charge in [-0.05, 0) is 49.2 Å². The Kier molecular flexibility index (Phi) is 7.67. The van der Waals surface area contributed by atoms with Crippen molar-refractivity contribution in [1.29, 1.82) is 0 Å². The lowest BCUT2D eigenvalue weighted by atomic mass is 9.88. The lowest BCUT2D eigenvalue weighted by molar-refractivity contribution is -0.133. The third kappa shape index (κ3) is 5.97. The highest BCUT2D eigenvalue weighted by Gasteiger charge is 2.38. The number of piperidine rings is 1. The first-order chi connectivity index (χ1) is 18.8. The molecular formula is C29H35N7O3. The van der Waals surface area contributed by atoms with Gasteiger partial charge in [0.2, 0.25) is 17.7 Å². The van der Waals surface area contributed by atoms with Crippen LogP contribution in [-0.4, -0.2) is 58.5 Å². The van der Waals surface area contributed by atoms with Crippen LogP contribution in [0.25, 0.3) is 21.8 Å². The van der Waals surface area contributed by atoms with Crippen molar-refractivity contribution < 1.29 is 14.4 Å². The molecule has 204 valence electrons. The van der Waals surface area contributed by atoms with Crippen LogP contribution < -0.4 is 27.0 Å². The van der Waals surface area contributed by atoms with Gasteiger partial charge >= 0.3 is 0 Å². The van der Waals surface area contributed by atoms with E-state index >= 15 is 0 Å². The number of H-pyrrole nitrogens is 2. The fourth-order valence-corrected chi connectivity index (χ4v) is 5.31. The summed E-state index contributed by atoms with van der Waals surface area (Å²) in [6.45, 7) is 2.69. The maximum absolute atomic E-state index is 13.8. The average Bonchev–Trinajstić information content (AvgIpc) is 3.52. The summed E-state index contributed by atoms with van der Waals surface area (Å²) in [5, 5.41) is 14.0. The van der Waals surface area contributed by atoms with Gasteiger partial charge in [-0.2, -0.15) is 0 Å². The molecule has 5 rings (SSSR count). The van der Waals surface area contributed by atoms with Crippen molar-refractivity contribution in [3.05, 3.63) is 72.1 Å². The van der Waals surface area contributed by atoms with Crippen molar-refractivity contribution in [2.45, 2.75) is 50.4 Å². The monoisotopic (exact) mass is 529 g/mol. The fourth-order valence-electron chi connectivity index (χ4n) is 5.31. The van der Waals surface area contributed by atoms with Gasteiger partial charge in [-0.15, -0.1) is 0 Å². The van der Waals surface area contributed by atoms with Crippen LogP contribution in [0.4, 0.5) is 0 Å². The highest BCUT2D eigenvalue weighted by Crippen LogP contribution is 2.22. The van der Waals surface area contributed by atoms with E-state index < -0.39 is 23.7 Å². The van der Waals surface area contributed by atoms with Crippen LogP contribution in [0.3, 0.4) is 0 Å². The highest BCUT2D eigenvalue weighted by atomic mass is 16.2. The van der Waals surface area contributed by atoms with Crippen LogP contribution in [0, 0.1) is 0 Å². The second-order valence-electron chi connectivity index (χ2n) is 10.3. The topological polar surface area (TPSA) is 157 Å². The van der Waals surface area contributed by atoms with E-state index in [1.165, 1.54) is 6.92 Å². The molecule has 0 spiro atoms. The van der Waals surface area contributed by atoms with Crippen molar-refractivity contribution >= 4 is 39.5 Å². The zero-order valence-corrected chi connectivity index (χ0v) is 22.0. The predicted molar refractivity (Wildman–Crippen MR) is 151 cm³/mol. The smallest absolute Gasteiger partial charge is 0.244 e. The number of carbonyl (C=O) groups is 3. The molecule has 2 aromatic carbocycles. The zero-order chi connectivity index (χ0) is 27.4. The summed E-state index contributed by atoms with van der Waals surface area (Å²) >= 11 is 0.